The second kappa shape index (κ2) is 11.0. The second-order valence-electron chi connectivity index (χ2n) is 10.1. The number of amides is 1. The van der Waals surface area contributed by atoms with Crippen LogP contribution in [0.3, 0.4) is 0 Å². The molecule has 1 atom stereocenters. The molecular formula is C25H43N2O+. The predicted molar refractivity (Wildman–Crippen MR) is 119 cm³/mol. The van der Waals surface area contributed by atoms with Crippen molar-refractivity contribution in [1.82, 2.24) is 5.32 Å². The number of nitrogens with one attached hydrogen (secondary N) is 1. The number of quaternary nitrogens is 1. The Morgan fingerprint density at radius 2 is 1.71 bits per heavy atom. The highest BCUT2D eigenvalue weighted by molar-refractivity contribution is 5.83. The van der Waals surface area contributed by atoms with E-state index in [1.165, 1.54) is 44.2 Å². The first kappa shape index (κ1) is 22.9. The van der Waals surface area contributed by atoms with E-state index >= 15 is 0 Å². The van der Waals surface area contributed by atoms with Crippen molar-refractivity contribution in [3.63, 3.8) is 0 Å². The third kappa shape index (κ3) is 7.95. The van der Waals surface area contributed by atoms with Crippen molar-refractivity contribution in [1.29, 1.82) is 0 Å². The molecule has 0 heterocycles. The minimum absolute atomic E-state index is 0.0853. The molecule has 1 aliphatic rings. The average Bonchev–Trinajstić information content (AvgIpc) is 2.65. The topological polar surface area (TPSA) is 29.1 Å². The minimum atomic E-state index is -0.0853. The van der Waals surface area contributed by atoms with Crippen LogP contribution in [0.5, 0.6) is 0 Å². The Labute approximate surface area is 173 Å². The van der Waals surface area contributed by atoms with Crippen LogP contribution in [0.4, 0.5) is 0 Å². The fourth-order valence-electron chi connectivity index (χ4n) is 4.60. The lowest BCUT2D eigenvalue weighted by molar-refractivity contribution is -0.894. The highest BCUT2D eigenvalue weighted by Gasteiger charge is 2.23. The largest absolute Gasteiger partial charge is 0.355 e. The zero-order valence-corrected chi connectivity index (χ0v) is 19.0. The van der Waals surface area contributed by atoms with Crippen molar-refractivity contribution in [3.05, 3.63) is 35.4 Å². The predicted octanol–water partition coefficient (Wildman–Crippen LogP) is 5.15. The van der Waals surface area contributed by atoms with Gasteiger partial charge in [0, 0.05) is 18.9 Å². The quantitative estimate of drug-likeness (QED) is 0.436. The van der Waals surface area contributed by atoms with Gasteiger partial charge >= 0.3 is 0 Å². The molecule has 0 unspecified atom stereocenters. The summed E-state index contributed by atoms with van der Waals surface area (Å²) in [6.07, 6.45) is 9.21. The van der Waals surface area contributed by atoms with Gasteiger partial charge in [0.15, 0.2) is 0 Å². The molecule has 1 aromatic carbocycles. The highest BCUT2D eigenvalue weighted by atomic mass is 16.1. The maximum atomic E-state index is 12.5. The number of benzene rings is 1. The summed E-state index contributed by atoms with van der Waals surface area (Å²) >= 11 is 0. The van der Waals surface area contributed by atoms with Crippen LogP contribution in [0.15, 0.2) is 24.3 Å². The molecule has 3 heteroatoms. The lowest BCUT2D eigenvalue weighted by Gasteiger charge is -2.35. The van der Waals surface area contributed by atoms with Crippen LogP contribution >= 0.6 is 0 Å². The van der Waals surface area contributed by atoms with Crippen LogP contribution in [0.25, 0.3) is 0 Å². The summed E-state index contributed by atoms with van der Waals surface area (Å²) in [5, 5.41) is 3.16. The van der Waals surface area contributed by atoms with Gasteiger partial charge in [-0.2, -0.15) is 0 Å². The fourth-order valence-corrected chi connectivity index (χ4v) is 4.60. The first-order valence-corrected chi connectivity index (χ1v) is 11.5. The number of carbonyl (C=O) groups is 1. The number of carbonyl (C=O) groups excluding carboxylic acids is 1. The molecule has 1 aromatic rings. The number of rotatable bonds is 10. The molecular weight excluding hydrogens is 344 g/mol. The Balaban J connectivity index is 1.70. The van der Waals surface area contributed by atoms with Gasteiger partial charge in [0.2, 0.25) is 5.91 Å². The maximum Gasteiger partial charge on any atom is 0.227 e. The van der Waals surface area contributed by atoms with E-state index in [0.717, 1.165) is 41.9 Å². The smallest absolute Gasteiger partial charge is 0.227 e. The van der Waals surface area contributed by atoms with E-state index in [1.54, 1.807) is 0 Å². The molecule has 1 amide bonds. The molecule has 2 rings (SSSR count). The highest BCUT2D eigenvalue weighted by Crippen LogP contribution is 2.25. The molecule has 3 nitrogen and oxygen atoms in total. The van der Waals surface area contributed by atoms with Crippen molar-refractivity contribution >= 4 is 5.91 Å². The number of hydrogen-bond acceptors (Lipinski definition) is 1. The van der Waals surface area contributed by atoms with Gasteiger partial charge in [-0.05, 0) is 43.2 Å². The molecule has 0 aromatic heterocycles. The number of hydrogen-bond donors (Lipinski definition) is 1. The van der Waals surface area contributed by atoms with E-state index in [4.69, 9.17) is 0 Å². The molecule has 0 spiro atoms. The van der Waals surface area contributed by atoms with Crippen LogP contribution in [0.2, 0.25) is 0 Å². The lowest BCUT2D eigenvalue weighted by atomic mass is 9.88. The van der Waals surface area contributed by atoms with E-state index in [1.807, 2.05) is 6.92 Å². The molecule has 28 heavy (non-hydrogen) atoms. The molecule has 1 aliphatic carbocycles. The second-order valence-corrected chi connectivity index (χ2v) is 10.1. The zero-order chi connectivity index (χ0) is 20.6. The van der Waals surface area contributed by atoms with Gasteiger partial charge in [-0.25, -0.2) is 0 Å². The molecule has 1 saturated carbocycles. The van der Waals surface area contributed by atoms with Gasteiger partial charge in [-0.1, -0.05) is 57.4 Å². The van der Waals surface area contributed by atoms with Gasteiger partial charge in [0.05, 0.1) is 33.1 Å². The van der Waals surface area contributed by atoms with Crippen molar-refractivity contribution in [2.24, 2.45) is 11.8 Å². The van der Waals surface area contributed by atoms with Gasteiger partial charge in [-0.3, -0.25) is 4.79 Å². The minimum Gasteiger partial charge on any atom is -0.355 e. The molecule has 1 fully saturated rings. The molecule has 0 bridgehead atoms. The van der Waals surface area contributed by atoms with E-state index < -0.39 is 0 Å². The van der Waals surface area contributed by atoms with Crippen molar-refractivity contribution < 1.29 is 9.28 Å². The van der Waals surface area contributed by atoms with Crippen molar-refractivity contribution in [3.8, 4) is 0 Å². The number of nitrogens with zero attached hydrogens (tertiary/aromatic N) is 1. The summed E-state index contributed by atoms with van der Waals surface area (Å²) in [6, 6.07) is 8.58. The Morgan fingerprint density at radius 1 is 1.07 bits per heavy atom. The van der Waals surface area contributed by atoms with Gasteiger partial charge in [0.25, 0.3) is 0 Å². The summed E-state index contributed by atoms with van der Waals surface area (Å²) in [7, 11) is 4.69. The monoisotopic (exact) mass is 387 g/mol. The normalized spacial score (nSPS) is 16.9. The summed E-state index contributed by atoms with van der Waals surface area (Å²) in [4.78, 5) is 12.5. The standard InChI is InChI=1S/C25H42N2O/c1-20(2)18-22-12-14-24(15-13-22)21(3)25(28)26-16-9-17-27(4,5)19-23-10-7-6-8-11-23/h12-15,20-21,23H,6-11,16-19H2,1-5H3/p+1/t21-/m1/s1. The fraction of sp³-hybridized carbons (Fsp3) is 0.720. The summed E-state index contributed by atoms with van der Waals surface area (Å²) in [5.41, 5.74) is 2.46. The Hall–Kier alpha value is -1.35. The Morgan fingerprint density at radius 3 is 2.32 bits per heavy atom. The summed E-state index contributed by atoms with van der Waals surface area (Å²) in [6.45, 7) is 9.68. The SMILES string of the molecule is CC(C)Cc1ccc([C@@H](C)C(=O)NCCC[N+](C)(C)CC2CCCCC2)cc1. The molecule has 1 N–H and O–H groups in total. The van der Waals surface area contributed by atoms with E-state index in [9.17, 15) is 4.79 Å². The van der Waals surface area contributed by atoms with Crippen molar-refractivity contribution in [2.75, 3.05) is 33.7 Å². The van der Waals surface area contributed by atoms with Gasteiger partial charge < -0.3 is 9.80 Å². The van der Waals surface area contributed by atoms with Crippen LogP contribution < -0.4 is 5.32 Å². The molecule has 0 saturated heterocycles. The first-order chi connectivity index (χ1) is 13.3. The van der Waals surface area contributed by atoms with Crippen LogP contribution in [-0.4, -0.2) is 44.1 Å². The van der Waals surface area contributed by atoms with E-state index in [2.05, 4.69) is 57.5 Å². The van der Waals surface area contributed by atoms with Crippen LogP contribution in [0.1, 0.15) is 76.3 Å². The van der Waals surface area contributed by atoms with Crippen LogP contribution in [-0.2, 0) is 11.2 Å². The molecule has 0 aliphatic heterocycles. The lowest BCUT2D eigenvalue weighted by Crippen LogP contribution is -2.45. The Bertz CT molecular complexity index is 585. The molecule has 158 valence electrons. The van der Waals surface area contributed by atoms with E-state index in [0.29, 0.717) is 5.92 Å². The molecule has 0 radical (unpaired) electrons. The maximum absolute atomic E-state index is 12.5. The summed E-state index contributed by atoms with van der Waals surface area (Å²) in [5.74, 6) is 1.62. The Kier molecular flexibility index (Phi) is 9.01. The van der Waals surface area contributed by atoms with Gasteiger partial charge in [0.1, 0.15) is 0 Å². The van der Waals surface area contributed by atoms with Gasteiger partial charge in [-0.15, -0.1) is 0 Å². The average molecular weight is 388 g/mol. The first-order valence-electron chi connectivity index (χ1n) is 11.5. The third-order valence-electron chi connectivity index (χ3n) is 6.23. The van der Waals surface area contributed by atoms with Crippen molar-refractivity contribution in [2.45, 2.75) is 71.6 Å². The zero-order valence-electron chi connectivity index (χ0n) is 19.0. The van der Waals surface area contributed by atoms with Crippen LogP contribution in [0, 0.1) is 11.8 Å². The summed E-state index contributed by atoms with van der Waals surface area (Å²) < 4.78 is 1.08. The third-order valence-corrected chi connectivity index (χ3v) is 6.23. The van der Waals surface area contributed by atoms with E-state index in [-0.39, 0.29) is 11.8 Å².